The smallest absolute Gasteiger partial charge is 0.247 e. The summed E-state index contributed by atoms with van der Waals surface area (Å²) < 4.78 is 13.2. The Bertz CT molecular complexity index is 669. The van der Waals surface area contributed by atoms with Crippen molar-refractivity contribution in [2.75, 3.05) is 26.2 Å². The number of likely N-dealkylation sites (tertiary alicyclic amines) is 1. The van der Waals surface area contributed by atoms with Gasteiger partial charge in [-0.1, -0.05) is 12.1 Å². The molecule has 2 heterocycles. The second kappa shape index (κ2) is 7.21. The van der Waals surface area contributed by atoms with Crippen molar-refractivity contribution >= 4 is 17.7 Å². The molecule has 1 atom stereocenters. The van der Waals surface area contributed by atoms with E-state index >= 15 is 0 Å². The lowest BCUT2D eigenvalue weighted by Crippen LogP contribution is -2.54. The monoisotopic (exact) mass is 347 g/mol. The lowest BCUT2D eigenvalue weighted by atomic mass is 9.93. The van der Waals surface area contributed by atoms with Crippen LogP contribution >= 0.6 is 0 Å². The van der Waals surface area contributed by atoms with E-state index in [1.165, 1.54) is 19.1 Å². The molecule has 3 amide bonds. The summed E-state index contributed by atoms with van der Waals surface area (Å²) in [5.74, 6) is -0.855. The van der Waals surface area contributed by atoms with E-state index in [-0.39, 0.29) is 29.5 Å². The van der Waals surface area contributed by atoms with E-state index < -0.39 is 6.04 Å². The first-order valence-corrected chi connectivity index (χ1v) is 8.56. The van der Waals surface area contributed by atoms with Gasteiger partial charge in [0.15, 0.2) is 0 Å². The molecule has 0 aliphatic carbocycles. The maximum Gasteiger partial charge on any atom is 0.247 e. The summed E-state index contributed by atoms with van der Waals surface area (Å²) in [5.41, 5.74) is 0.605. The lowest BCUT2D eigenvalue weighted by Gasteiger charge is -2.39. The van der Waals surface area contributed by atoms with Gasteiger partial charge in [0.05, 0.1) is 0 Å². The summed E-state index contributed by atoms with van der Waals surface area (Å²) >= 11 is 0. The highest BCUT2D eigenvalue weighted by Gasteiger charge is 2.38. The SMILES string of the molecule is CC(=O)N1CCC(C(=O)N2CCNC(=O)C2c2ccc(F)cc2)CC1. The highest BCUT2D eigenvalue weighted by molar-refractivity contribution is 5.90. The third kappa shape index (κ3) is 3.65. The Balaban J connectivity index is 1.76. The number of piperidine rings is 1. The molecule has 1 aromatic carbocycles. The molecular weight excluding hydrogens is 325 g/mol. The van der Waals surface area contributed by atoms with Crippen LogP contribution in [0.1, 0.15) is 31.4 Å². The molecule has 2 fully saturated rings. The first kappa shape index (κ1) is 17.4. The number of carbonyl (C=O) groups is 3. The third-order valence-electron chi connectivity index (χ3n) is 4.97. The molecule has 6 nitrogen and oxygen atoms in total. The minimum Gasteiger partial charge on any atom is -0.352 e. The van der Waals surface area contributed by atoms with Crippen LogP contribution in [0.4, 0.5) is 4.39 Å². The number of piperazine rings is 1. The molecule has 134 valence electrons. The number of carbonyl (C=O) groups excluding carboxylic acids is 3. The average Bonchev–Trinajstić information content (AvgIpc) is 2.62. The predicted molar refractivity (Wildman–Crippen MR) is 88.8 cm³/mol. The largest absolute Gasteiger partial charge is 0.352 e. The minimum atomic E-state index is -0.729. The standard InChI is InChI=1S/C18H22FN3O3/c1-12(23)21-9-6-14(7-10-21)18(25)22-11-8-20-17(24)16(22)13-2-4-15(19)5-3-13/h2-5,14,16H,6-11H2,1H3,(H,20,24). The van der Waals surface area contributed by atoms with E-state index in [1.54, 1.807) is 21.9 Å². The number of nitrogens with one attached hydrogen (secondary N) is 1. The number of nitrogens with zero attached hydrogens (tertiary/aromatic N) is 2. The first-order valence-electron chi connectivity index (χ1n) is 8.56. The maximum absolute atomic E-state index is 13.2. The quantitative estimate of drug-likeness (QED) is 0.870. The van der Waals surface area contributed by atoms with Gasteiger partial charge in [0.1, 0.15) is 11.9 Å². The average molecular weight is 347 g/mol. The van der Waals surface area contributed by atoms with E-state index in [4.69, 9.17) is 0 Å². The molecule has 2 aliphatic heterocycles. The molecule has 0 aromatic heterocycles. The Hall–Kier alpha value is -2.44. The van der Waals surface area contributed by atoms with Gasteiger partial charge < -0.3 is 15.1 Å². The van der Waals surface area contributed by atoms with E-state index in [2.05, 4.69) is 5.32 Å². The molecule has 25 heavy (non-hydrogen) atoms. The van der Waals surface area contributed by atoms with E-state index in [1.807, 2.05) is 0 Å². The van der Waals surface area contributed by atoms with E-state index in [0.717, 1.165) is 0 Å². The van der Waals surface area contributed by atoms with Crippen LogP contribution in [0.5, 0.6) is 0 Å². The van der Waals surface area contributed by atoms with Gasteiger partial charge in [-0.25, -0.2) is 4.39 Å². The summed E-state index contributed by atoms with van der Waals surface area (Å²) in [6.07, 6.45) is 1.21. The second-order valence-corrected chi connectivity index (χ2v) is 6.56. The van der Waals surface area contributed by atoms with Crippen LogP contribution in [0.2, 0.25) is 0 Å². The van der Waals surface area contributed by atoms with Gasteiger partial charge in [-0.2, -0.15) is 0 Å². The third-order valence-corrected chi connectivity index (χ3v) is 4.97. The van der Waals surface area contributed by atoms with Gasteiger partial charge in [0.25, 0.3) is 0 Å². The Morgan fingerprint density at radius 2 is 1.76 bits per heavy atom. The summed E-state index contributed by atoms with van der Waals surface area (Å²) in [4.78, 5) is 40.1. The zero-order valence-electron chi connectivity index (χ0n) is 14.2. The van der Waals surface area contributed by atoms with Crippen molar-refractivity contribution in [3.63, 3.8) is 0 Å². The lowest BCUT2D eigenvalue weighted by molar-refractivity contribution is -0.148. The maximum atomic E-state index is 13.2. The van der Waals surface area contributed by atoms with Crippen LogP contribution in [0.15, 0.2) is 24.3 Å². The molecule has 1 unspecified atom stereocenters. The zero-order valence-corrected chi connectivity index (χ0v) is 14.2. The molecule has 3 rings (SSSR count). The molecule has 0 spiro atoms. The van der Waals surface area contributed by atoms with Gasteiger partial charge in [0.2, 0.25) is 17.7 Å². The molecule has 0 bridgehead atoms. The van der Waals surface area contributed by atoms with Gasteiger partial charge in [0, 0.05) is 39.0 Å². The summed E-state index contributed by atoms with van der Waals surface area (Å²) in [6, 6.07) is 4.96. The molecule has 1 aromatic rings. The highest BCUT2D eigenvalue weighted by Crippen LogP contribution is 2.28. The van der Waals surface area contributed by atoms with Gasteiger partial charge in [-0.05, 0) is 30.5 Å². The van der Waals surface area contributed by atoms with Crippen molar-refractivity contribution in [2.45, 2.75) is 25.8 Å². The Labute approximate surface area is 146 Å². The fourth-order valence-electron chi connectivity index (χ4n) is 3.56. The zero-order chi connectivity index (χ0) is 18.0. The Kier molecular flexibility index (Phi) is 5.01. The molecule has 1 N–H and O–H groups in total. The Morgan fingerprint density at radius 3 is 2.36 bits per heavy atom. The molecule has 2 saturated heterocycles. The number of halogens is 1. The van der Waals surface area contributed by atoms with Crippen LogP contribution in [0.25, 0.3) is 0 Å². The molecule has 0 saturated carbocycles. The molecular formula is C18H22FN3O3. The molecule has 0 radical (unpaired) electrons. The van der Waals surface area contributed by atoms with Gasteiger partial charge >= 0.3 is 0 Å². The highest BCUT2D eigenvalue weighted by atomic mass is 19.1. The van der Waals surface area contributed by atoms with Crippen molar-refractivity contribution in [3.8, 4) is 0 Å². The number of benzene rings is 1. The fraction of sp³-hybridized carbons (Fsp3) is 0.500. The number of rotatable bonds is 2. The van der Waals surface area contributed by atoms with Crippen LogP contribution in [0.3, 0.4) is 0 Å². The van der Waals surface area contributed by atoms with E-state index in [0.29, 0.717) is 44.6 Å². The van der Waals surface area contributed by atoms with Gasteiger partial charge in [-0.15, -0.1) is 0 Å². The Morgan fingerprint density at radius 1 is 1.12 bits per heavy atom. The van der Waals surface area contributed by atoms with Crippen molar-refractivity contribution in [1.29, 1.82) is 0 Å². The number of amides is 3. The summed E-state index contributed by atoms with van der Waals surface area (Å²) in [6.45, 7) is 3.50. The van der Waals surface area contributed by atoms with Gasteiger partial charge in [-0.3, -0.25) is 14.4 Å². The van der Waals surface area contributed by atoms with Crippen molar-refractivity contribution in [1.82, 2.24) is 15.1 Å². The number of hydrogen-bond donors (Lipinski definition) is 1. The second-order valence-electron chi connectivity index (χ2n) is 6.56. The fourth-order valence-corrected chi connectivity index (χ4v) is 3.56. The van der Waals surface area contributed by atoms with Crippen LogP contribution in [-0.4, -0.2) is 53.7 Å². The molecule has 7 heteroatoms. The van der Waals surface area contributed by atoms with Crippen LogP contribution < -0.4 is 5.32 Å². The topological polar surface area (TPSA) is 69.7 Å². The number of hydrogen-bond acceptors (Lipinski definition) is 3. The van der Waals surface area contributed by atoms with Crippen molar-refractivity contribution in [3.05, 3.63) is 35.6 Å². The predicted octanol–water partition coefficient (Wildman–Crippen LogP) is 1.08. The van der Waals surface area contributed by atoms with Crippen molar-refractivity contribution < 1.29 is 18.8 Å². The summed E-state index contributed by atoms with van der Waals surface area (Å²) in [5, 5.41) is 2.78. The first-order chi connectivity index (χ1) is 12.0. The molecule has 2 aliphatic rings. The van der Waals surface area contributed by atoms with E-state index in [9.17, 15) is 18.8 Å². The van der Waals surface area contributed by atoms with Crippen molar-refractivity contribution in [2.24, 2.45) is 5.92 Å². The summed E-state index contributed by atoms with van der Waals surface area (Å²) in [7, 11) is 0. The normalized spacial score (nSPS) is 21.8. The van der Waals surface area contributed by atoms with Crippen LogP contribution in [-0.2, 0) is 14.4 Å². The minimum absolute atomic E-state index is 0.0208. The van der Waals surface area contributed by atoms with Crippen LogP contribution in [0, 0.1) is 11.7 Å².